The molecule has 1 aliphatic heterocycles. The van der Waals surface area contributed by atoms with Crippen LogP contribution in [-0.4, -0.2) is 52.7 Å². The lowest BCUT2D eigenvalue weighted by atomic mass is 9.94. The van der Waals surface area contributed by atoms with Gasteiger partial charge in [-0.1, -0.05) is 57.6 Å². The summed E-state index contributed by atoms with van der Waals surface area (Å²) in [5, 5.41) is 15.8. The molecule has 0 radical (unpaired) electrons. The molecule has 2 rings (SSSR count). The van der Waals surface area contributed by atoms with Crippen LogP contribution >= 0.6 is 0 Å². The third-order valence-electron chi connectivity index (χ3n) is 5.86. The number of nitrogens with zero attached hydrogens (tertiary/aromatic N) is 1. The topological polar surface area (TPSA) is 131 Å². The Morgan fingerprint density at radius 1 is 1.14 bits per heavy atom. The van der Waals surface area contributed by atoms with Crippen molar-refractivity contribution < 1.29 is 28.6 Å². The summed E-state index contributed by atoms with van der Waals surface area (Å²) in [6.45, 7) is 11.4. The summed E-state index contributed by atoms with van der Waals surface area (Å²) >= 11 is 0. The van der Waals surface area contributed by atoms with E-state index in [1.54, 1.807) is 19.1 Å². The average molecular weight is 502 g/mol. The number of carbonyl (C=O) groups excluding carboxylic acids is 3. The van der Waals surface area contributed by atoms with E-state index in [9.17, 15) is 19.5 Å². The summed E-state index contributed by atoms with van der Waals surface area (Å²) in [5.74, 6) is -1.21. The first-order chi connectivity index (χ1) is 17.0. The smallest absolute Gasteiger partial charge is 0.328 e. The van der Waals surface area contributed by atoms with E-state index < -0.39 is 30.1 Å². The maximum Gasteiger partial charge on any atom is 0.328 e. The molecule has 0 aromatic carbocycles. The Hall–Kier alpha value is -3.20. The van der Waals surface area contributed by atoms with E-state index in [0.29, 0.717) is 25.3 Å². The van der Waals surface area contributed by atoms with Gasteiger partial charge in [-0.2, -0.15) is 0 Å². The van der Waals surface area contributed by atoms with Crippen molar-refractivity contribution in [1.82, 2.24) is 15.6 Å². The van der Waals surface area contributed by atoms with Gasteiger partial charge in [0.2, 0.25) is 5.91 Å². The second kappa shape index (κ2) is 13.8. The zero-order chi connectivity index (χ0) is 26.8. The fraction of sp³-hybridized carbons (Fsp3) is 0.556. The number of cyclic esters (lactones) is 1. The summed E-state index contributed by atoms with van der Waals surface area (Å²) in [5.41, 5.74) is 0.941. The highest BCUT2D eigenvalue weighted by atomic mass is 16.5. The lowest BCUT2D eigenvalue weighted by molar-refractivity contribution is -0.155. The Balaban J connectivity index is 2.24. The molecule has 2 heterocycles. The minimum absolute atomic E-state index is 0.0119. The molecule has 0 spiro atoms. The lowest BCUT2D eigenvalue weighted by Crippen LogP contribution is -2.42. The number of oxazole rings is 1. The Morgan fingerprint density at radius 3 is 2.56 bits per heavy atom. The predicted molar refractivity (Wildman–Crippen MR) is 136 cm³/mol. The second-order valence-electron chi connectivity index (χ2n) is 9.86. The van der Waals surface area contributed by atoms with Gasteiger partial charge in [-0.3, -0.25) is 9.59 Å². The predicted octanol–water partition coefficient (Wildman–Crippen LogP) is 3.11. The SMILES string of the molecule is CC1=C[C@@H](O)C[C@@H](C)Cc2nc(co2)C(=O)N[C@H](C)C(=O)O[C@H](C(C)C)[C@H](C)/C=C/C(=O)NCC=C1. The van der Waals surface area contributed by atoms with Crippen LogP contribution in [0.1, 0.15) is 64.3 Å². The van der Waals surface area contributed by atoms with Gasteiger partial charge in [-0.15, -0.1) is 0 Å². The Kier molecular flexibility index (Phi) is 11.1. The Labute approximate surface area is 213 Å². The van der Waals surface area contributed by atoms with Crippen LogP contribution in [0.3, 0.4) is 0 Å². The van der Waals surface area contributed by atoms with Crippen LogP contribution in [0.5, 0.6) is 0 Å². The highest BCUT2D eigenvalue weighted by molar-refractivity contribution is 5.94. The van der Waals surface area contributed by atoms with Gasteiger partial charge in [0.1, 0.15) is 18.4 Å². The van der Waals surface area contributed by atoms with Gasteiger partial charge in [0, 0.05) is 18.9 Å². The van der Waals surface area contributed by atoms with Crippen LogP contribution in [0.15, 0.2) is 46.6 Å². The van der Waals surface area contributed by atoms with Crippen LogP contribution in [0.2, 0.25) is 0 Å². The molecule has 36 heavy (non-hydrogen) atoms. The maximum atomic E-state index is 12.7. The van der Waals surface area contributed by atoms with Gasteiger partial charge in [0.05, 0.1) is 6.10 Å². The molecule has 0 saturated heterocycles. The third-order valence-corrected chi connectivity index (χ3v) is 5.86. The first-order valence-corrected chi connectivity index (χ1v) is 12.4. The first-order valence-electron chi connectivity index (χ1n) is 12.4. The van der Waals surface area contributed by atoms with Crippen molar-refractivity contribution in [1.29, 1.82) is 0 Å². The molecule has 9 nitrogen and oxygen atoms in total. The van der Waals surface area contributed by atoms with Crippen molar-refractivity contribution in [2.75, 3.05) is 6.54 Å². The number of hydrogen-bond donors (Lipinski definition) is 3. The van der Waals surface area contributed by atoms with E-state index in [0.717, 1.165) is 5.57 Å². The molecule has 5 atom stereocenters. The van der Waals surface area contributed by atoms with Gasteiger partial charge in [0.25, 0.3) is 5.91 Å². The largest absolute Gasteiger partial charge is 0.460 e. The molecule has 1 aromatic rings. The highest BCUT2D eigenvalue weighted by Gasteiger charge is 2.28. The Bertz CT molecular complexity index is 993. The zero-order valence-corrected chi connectivity index (χ0v) is 22.0. The number of aliphatic hydroxyl groups is 1. The van der Waals surface area contributed by atoms with Crippen LogP contribution in [0.4, 0.5) is 0 Å². The van der Waals surface area contributed by atoms with Crippen molar-refractivity contribution in [2.24, 2.45) is 17.8 Å². The summed E-state index contributed by atoms with van der Waals surface area (Å²) in [6.07, 6.45) is 9.57. The Morgan fingerprint density at radius 2 is 1.86 bits per heavy atom. The molecule has 0 saturated carbocycles. The number of nitrogens with one attached hydrogen (secondary N) is 2. The minimum Gasteiger partial charge on any atom is -0.460 e. The molecule has 1 aliphatic rings. The number of aromatic nitrogens is 1. The van der Waals surface area contributed by atoms with Crippen molar-refractivity contribution in [3.8, 4) is 0 Å². The normalized spacial score (nSPS) is 28.6. The summed E-state index contributed by atoms with van der Waals surface area (Å²) in [4.78, 5) is 41.8. The van der Waals surface area contributed by atoms with Gasteiger partial charge in [0.15, 0.2) is 11.6 Å². The number of amides is 2. The molecule has 0 aliphatic carbocycles. The molecule has 2 amide bonds. The molecule has 1 aromatic heterocycles. The van der Waals surface area contributed by atoms with Gasteiger partial charge in [-0.05, 0) is 38.2 Å². The standard InChI is InChI=1S/C27H39N3O6/c1-16(2)25-19(5)9-10-23(32)28-11-7-8-17(3)12-21(31)13-18(4)14-24-30-22(15-35-24)26(33)29-20(6)27(34)36-25/h7-10,12,15-16,18-21,25,31H,11,13-14H2,1-6H3,(H,28,32)(H,29,33)/b8-7?,10-9+,17-12?/t18-,19-,20-,21-,25-/m1/s1. The molecular formula is C27H39N3O6. The minimum atomic E-state index is -0.907. The van der Waals surface area contributed by atoms with Crippen LogP contribution in [0, 0.1) is 17.8 Å². The maximum absolute atomic E-state index is 12.7. The van der Waals surface area contributed by atoms with E-state index in [-0.39, 0.29) is 29.4 Å². The number of allylic oxidation sites excluding steroid dienone is 2. The number of ether oxygens (including phenoxy) is 1. The lowest BCUT2D eigenvalue weighted by Gasteiger charge is -2.27. The van der Waals surface area contributed by atoms with Crippen LogP contribution in [0.25, 0.3) is 0 Å². The number of esters is 1. The van der Waals surface area contributed by atoms with E-state index in [2.05, 4.69) is 15.6 Å². The monoisotopic (exact) mass is 501 g/mol. The molecule has 0 fully saturated rings. The third kappa shape index (κ3) is 9.45. The quantitative estimate of drug-likeness (QED) is 0.504. The van der Waals surface area contributed by atoms with E-state index >= 15 is 0 Å². The summed E-state index contributed by atoms with van der Waals surface area (Å²) in [6, 6.07) is -0.907. The fourth-order valence-electron chi connectivity index (χ4n) is 3.96. The van der Waals surface area contributed by atoms with Crippen molar-refractivity contribution in [3.63, 3.8) is 0 Å². The first kappa shape index (κ1) is 29.0. The van der Waals surface area contributed by atoms with Crippen LogP contribution in [-0.2, 0) is 20.7 Å². The van der Waals surface area contributed by atoms with E-state index in [4.69, 9.17) is 9.15 Å². The van der Waals surface area contributed by atoms with Gasteiger partial charge >= 0.3 is 5.97 Å². The molecular weight excluding hydrogens is 462 g/mol. The highest BCUT2D eigenvalue weighted by Crippen LogP contribution is 2.19. The van der Waals surface area contributed by atoms with Crippen molar-refractivity contribution in [3.05, 3.63) is 53.8 Å². The zero-order valence-electron chi connectivity index (χ0n) is 22.0. The van der Waals surface area contributed by atoms with E-state index in [1.807, 2.05) is 46.8 Å². The van der Waals surface area contributed by atoms with Gasteiger partial charge in [-0.25, -0.2) is 9.78 Å². The average Bonchev–Trinajstić information content (AvgIpc) is 3.25. The number of fused-ring (bicyclic) bond motifs is 2. The second-order valence-corrected chi connectivity index (χ2v) is 9.86. The molecule has 2 bridgehead atoms. The van der Waals surface area contributed by atoms with Crippen molar-refractivity contribution >= 4 is 17.8 Å². The van der Waals surface area contributed by atoms with E-state index in [1.165, 1.54) is 12.3 Å². The molecule has 0 unspecified atom stereocenters. The fourth-order valence-corrected chi connectivity index (χ4v) is 3.96. The number of aliphatic hydroxyl groups excluding tert-OH is 1. The molecule has 9 heteroatoms. The molecule has 3 N–H and O–H groups in total. The molecule has 198 valence electrons. The number of rotatable bonds is 1. The van der Waals surface area contributed by atoms with Crippen molar-refractivity contribution in [2.45, 2.75) is 72.6 Å². The number of carbonyl (C=O) groups is 3. The van der Waals surface area contributed by atoms with Crippen LogP contribution < -0.4 is 10.6 Å². The number of hydrogen-bond acceptors (Lipinski definition) is 7. The van der Waals surface area contributed by atoms with Gasteiger partial charge < -0.3 is 24.9 Å². The summed E-state index contributed by atoms with van der Waals surface area (Å²) in [7, 11) is 0. The summed E-state index contributed by atoms with van der Waals surface area (Å²) < 4.78 is 11.1.